The second kappa shape index (κ2) is 4.00. The first-order valence-corrected chi connectivity index (χ1v) is 8.35. The van der Waals surface area contributed by atoms with Crippen molar-refractivity contribution < 1.29 is 9.53 Å². The molecule has 3 nitrogen and oxygen atoms in total. The zero-order valence-electron chi connectivity index (χ0n) is 13.0. The van der Waals surface area contributed by atoms with Gasteiger partial charge in [0.2, 0.25) is 5.91 Å². The Balaban J connectivity index is 1.65. The smallest absolute Gasteiger partial charge is 0.231 e. The van der Waals surface area contributed by atoms with Gasteiger partial charge in [-0.2, -0.15) is 0 Å². The van der Waals surface area contributed by atoms with E-state index in [2.05, 4.69) is 18.7 Å². The van der Waals surface area contributed by atoms with E-state index in [0.717, 1.165) is 37.0 Å². The van der Waals surface area contributed by atoms with Crippen molar-refractivity contribution in [1.29, 1.82) is 0 Å². The minimum atomic E-state index is -0.139. The molecule has 3 heteroatoms. The van der Waals surface area contributed by atoms with Crippen molar-refractivity contribution in [3.8, 4) is 0 Å². The van der Waals surface area contributed by atoms with Gasteiger partial charge in [-0.05, 0) is 77.0 Å². The van der Waals surface area contributed by atoms with Crippen LogP contribution in [-0.4, -0.2) is 29.2 Å². The summed E-state index contributed by atoms with van der Waals surface area (Å²) in [4.78, 5) is 15.4. The van der Waals surface area contributed by atoms with Gasteiger partial charge in [0.25, 0.3) is 0 Å². The van der Waals surface area contributed by atoms with Crippen LogP contribution in [0.25, 0.3) is 0 Å². The van der Waals surface area contributed by atoms with Crippen LogP contribution in [0.5, 0.6) is 0 Å². The Morgan fingerprint density at radius 3 is 1.95 bits per heavy atom. The van der Waals surface area contributed by atoms with E-state index in [0.29, 0.717) is 12.5 Å². The fourth-order valence-corrected chi connectivity index (χ4v) is 6.03. The summed E-state index contributed by atoms with van der Waals surface area (Å²) in [6.45, 7) is 7.00. The molecule has 0 N–H and O–H groups in total. The van der Waals surface area contributed by atoms with Gasteiger partial charge in [-0.1, -0.05) is 0 Å². The third kappa shape index (κ3) is 1.71. The molecule has 20 heavy (non-hydrogen) atoms. The van der Waals surface area contributed by atoms with E-state index in [1.165, 1.54) is 19.3 Å². The van der Waals surface area contributed by atoms with Crippen molar-refractivity contribution in [2.24, 2.45) is 23.2 Å². The number of amides is 1. The second-order valence-electron chi connectivity index (χ2n) is 8.60. The number of ether oxygens (including phenoxy) is 1. The maximum absolute atomic E-state index is 13.4. The highest BCUT2D eigenvalue weighted by Crippen LogP contribution is 2.61. The van der Waals surface area contributed by atoms with E-state index in [9.17, 15) is 4.79 Å². The van der Waals surface area contributed by atoms with Crippen molar-refractivity contribution in [2.45, 2.75) is 71.1 Å². The molecular formula is C17H27NO2. The summed E-state index contributed by atoms with van der Waals surface area (Å²) in [6, 6.07) is 0. The van der Waals surface area contributed by atoms with Crippen LogP contribution in [0.2, 0.25) is 0 Å². The monoisotopic (exact) mass is 277 g/mol. The Hall–Kier alpha value is -0.570. The molecule has 0 aromatic rings. The maximum atomic E-state index is 13.4. The van der Waals surface area contributed by atoms with Gasteiger partial charge in [0.1, 0.15) is 6.23 Å². The van der Waals surface area contributed by atoms with E-state index in [4.69, 9.17) is 4.74 Å². The first kappa shape index (κ1) is 13.1. The van der Waals surface area contributed by atoms with Gasteiger partial charge in [-0.3, -0.25) is 4.79 Å². The molecule has 5 fully saturated rings. The number of nitrogens with zero attached hydrogens (tertiary/aromatic N) is 1. The molecule has 0 aromatic heterocycles. The molecule has 112 valence electrons. The molecule has 0 radical (unpaired) electrons. The maximum Gasteiger partial charge on any atom is 0.231 e. The van der Waals surface area contributed by atoms with E-state index >= 15 is 0 Å². The molecule has 1 unspecified atom stereocenters. The summed E-state index contributed by atoms with van der Waals surface area (Å²) in [7, 11) is 0. The van der Waals surface area contributed by atoms with Crippen LogP contribution >= 0.6 is 0 Å². The van der Waals surface area contributed by atoms with Crippen LogP contribution < -0.4 is 0 Å². The highest BCUT2D eigenvalue weighted by molar-refractivity contribution is 5.84. The molecule has 0 aromatic carbocycles. The van der Waals surface area contributed by atoms with Gasteiger partial charge in [-0.25, -0.2) is 0 Å². The van der Waals surface area contributed by atoms with Crippen LogP contribution in [0, 0.1) is 23.2 Å². The topological polar surface area (TPSA) is 29.5 Å². The molecule has 1 atom stereocenters. The van der Waals surface area contributed by atoms with Gasteiger partial charge < -0.3 is 9.64 Å². The van der Waals surface area contributed by atoms with Crippen molar-refractivity contribution in [3.05, 3.63) is 0 Å². The first-order chi connectivity index (χ1) is 9.40. The number of carbonyl (C=O) groups excluding carboxylic acids is 1. The van der Waals surface area contributed by atoms with E-state index in [-0.39, 0.29) is 17.2 Å². The summed E-state index contributed by atoms with van der Waals surface area (Å²) in [5.41, 5.74) is -0.173. The summed E-state index contributed by atoms with van der Waals surface area (Å²) < 4.78 is 5.77. The molecular weight excluding hydrogens is 250 g/mol. The third-order valence-corrected chi connectivity index (χ3v) is 6.40. The van der Waals surface area contributed by atoms with Crippen LogP contribution in [0.4, 0.5) is 0 Å². The summed E-state index contributed by atoms with van der Waals surface area (Å²) >= 11 is 0. The summed E-state index contributed by atoms with van der Waals surface area (Å²) in [6.07, 6.45) is 7.57. The third-order valence-electron chi connectivity index (χ3n) is 6.40. The fourth-order valence-electron chi connectivity index (χ4n) is 6.03. The van der Waals surface area contributed by atoms with Crippen LogP contribution in [-0.2, 0) is 9.53 Å². The molecule has 4 saturated carbocycles. The van der Waals surface area contributed by atoms with Crippen molar-refractivity contribution >= 4 is 5.91 Å². The van der Waals surface area contributed by atoms with Crippen LogP contribution in [0.3, 0.4) is 0 Å². The van der Waals surface area contributed by atoms with E-state index in [1.807, 2.05) is 6.92 Å². The lowest BCUT2D eigenvalue weighted by atomic mass is 9.49. The Kier molecular flexibility index (Phi) is 2.62. The quantitative estimate of drug-likeness (QED) is 0.736. The van der Waals surface area contributed by atoms with Crippen molar-refractivity contribution in [2.75, 3.05) is 6.61 Å². The zero-order valence-corrected chi connectivity index (χ0v) is 13.0. The normalized spacial score (nSPS) is 48.9. The summed E-state index contributed by atoms with van der Waals surface area (Å²) in [5.74, 6) is 2.89. The van der Waals surface area contributed by atoms with Gasteiger partial charge >= 0.3 is 0 Å². The fraction of sp³-hybridized carbons (Fsp3) is 0.941. The Morgan fingerprint density at radius 2 is 1.55 bits per heavy atom. The average molecular weight is 277 g/mol. The second-order valence-corrected chi connectivity index (χ2v) is 8.60. The van der Waals surface area contributed by atoms with Crippen LogP contribution in [0.1, 0.15) is 59.3 Å². The zero-order chi connectivity index (χ0) is 14.1. The number of hydrogen-bond donors (Lipinski definition) is 0. The molecule has 1 heterocycles. The van der Waals surface area contributed by atoms with Gasteiger partial charge in [-0.15, -0.1) is 0 Å². The average Bonchev–Trinajstić information content (AvgIpc) is 2.61. The van der Waals surface area contributed by atoms with E-state index in [1.54, 1.807) is 0 Å². The Labute approximate surface area is 122 Å². The molecule has 0 spiro atoms. The summed E-state index contributed by atoms with van der Waals surface area (Å²) in [5, 5.41) is 0. The van der Waals surface area contributed by atoms with Crippen LogP contribution in [0.15, 0.2) is 0 Å². The van der Waals surface area contributed by atoms with Gasteiger partial charge in [0, 0.05) is 0 Å². The largest absolute Gasteiger partial charge is 0.356 e. The Morgan fingerprint density at radius 1 is 1.05 bits per heavy atom. The highest BCUT2D eigenvalue weighted by Gasteiger charge is 2.58. The molecule has 1 saturated heterocycles. The minimum absolute atomic E-state index is 0.0338. The molecule has 4 bridgehead atoms. The highest BCUT2D eigenvalue weighted by atomic mass is 16.5. The Bertz CT molecular complexity index is 407. The van der Waals surface area contributed by atoms with Crippen molar-refractivity contribution in [3.63, 3.8) is 0 Å². The van der Waals surface area contributed by atoms with E-state index < -0.39 is 0 Å². The minimum Gasteiger partial charge on any atom is -0.356 e. The lowest BCUT2D eigenvalue weighted by molar-refractivity contribution is -0.165. The molecule has 5 aliphatic rings. The van der Waals surface area contributed by atoms with Gasteiger partial charge in [0.15, 0.2) is 0 Å². The number of hydrogen-bond acceptors (Lipinski definition) is 2. The predicted octanol–water partition coefficient (Wildman–Crippen LogP) is 3.19. The molecule has 1 aliphatic heterocycles. The molecule has 5 rings (SSSR count). The SMILES string of the molecule is CC1OCC(C)(C)N1C(=O)C12CC3CC(CC(C3)C1)C2. The first-order valence-electron chi connectivity index (χ1n) is 8.35. The number of rotatable bonds is 1. The van der Waals surface area contributed by atoms with Crippen molar-refractivity contribution in [1.82, 2.24) is 4.90 Å². The predicted molar refractivity (Wildman–Crippen MR) is 76.9 cm³/mol. The lowest BCUT2D eigenvalue weighted by Gasteiger charge is -2.57. The molecule has 4 aliphatic carbocycles. The number of carbonyl (C=O) groups is 1. The van der Waals surface area contributed by atoms with Gasteiger partial charge in [0.05, 0.1) is 17.6 Å². The molecule has 1 amide bonds. The standard InChI is InChI=1S/C17H27NO2/c1-11-18(16(2,3)10-20-11)15(19)17-7-12-4-13(8-17)6-14(5-12)9-17/h11-14H,4-10H2,1-3H3. The lowest BCUT2D eigenvalue weighted by Crippen LogP contribution is -2.59.